The first-order chi connectivity index (χ1) is 9.05. The van der Waals surface area contributed by atoms with Crippen LogP contribution < -0.4 is 4.72 Å². The van der Waals surface area contributed by atoms with E-state index in [4.69, 9.17) is 16.9 Å². The van der Waals surface area contributed by atoms with E-state index in [1.54, 1.807) is 6.07 Å². The van der Waals surface area contributed by atoms with E-state index in [0.29, 0.717) is 0 Å². The van der Waals surface area contributed by atoms with Gasteiger partial charge in [0.15, 0.2) is 0 Å². The quantitative estimate of drug-likeness (QED) is 0.925. The van der Waals surface area contributed by atoms with E-state index in [0.717, 1.165) is 19.1 Å². The molecule has 1 unspecified atom stereocenters. The topological polar surface area (TPSA) is 70.0 Å². The lowest BCUT2D eigenvalue weighted by Gasteiger charge is -2.16. The van der Waals surface area contributed by atoms with Crippen LogP contribution in [0.3, 0.4) is 0 Å². The van der Waals surface area contributed by atoms with Crippen molar-refractivity contribution in [3.63, 3.8) is 0 Å². The molecular weight excluding hydrogens is 317 g/mol. The predicted molar refractivity (Wildman–Crippen MR) is 66.6 cm³/mol. The molecule has 1 aromatic rings. The maximum absolute atomic E-state index is 12.2. The molecule has 9 heteroatoms. The Kier molecular flexibility index (Phi) is 5.02. The Morgan fingerprint density at radius 3 is 2.50 bits per heavy atom. The van der Waals surface area contributed by atoms with E-state index in [9.17, 15) is 21.6 Å². The largest absolute Gasteiger partial charge is 0.390 e. The number of nitrogens with zero attached hydrogens (tertiary/aromatic N) is 1. The fourth-order valence-electron chi connectivity index (χ4n) is 1.48. The van der Waals surface area contributed by atoms with Crippen LogP contribution in [0.4, 0.5) is 13.2 Å². The summed E-state index contributed by atoms with van der Waals surface area (Å²) in [7, 11) is -4.12. The average molecular weight is 327 g/mol. The van der Waals surface area contributed by atoms with Crippen molar-refractivity contribution < 1.29 is 21.6 Å². The first-order valence-electron chi connectivity index (χ1n) is 5.34. The number of rotatable bonds is 4. The molecular formula is C11H10ClF3N2O2S. The van der Waals surface area contributed by atoms with Gasteiger partial charge in [0.05, 0.1) is 21.9 Å². The van der Waals surface area contributed by atoms with Crippen LogP contribution in [0, 0.1) is 11.3 Å². The maximum atomic E-state index is 12.2. The van der Waals surface area contributed by atoms with Crippen molar-refractivity contribution in [2.45, 2.75) is 30.5 Å². The van der Waals surface area contributed by atoms with Crippen molar-refractivity contribution in [3.05, 3.63) is 28.8 Å². The van der Waals surface area contributed by atoms with Crippen LogP contribution in [0.25, 0.3) is 0 Å². The Hall–Kier alpha value is -1.30. The minimum atomic E-state index is -4.47. The number of nitriles is 1. The first-order valence-corrected chi connectivity index (χ1v) is 7.20. The Balaban J connectivity index is 2.95. The molecule has 0 saturated heterocycles. The molecule has 1 rings (SSSR count). The predicted octanol–water partition coefficient (Wildman–Crippen LogP) is 2.83. The van der Waals surface area contributed by atoms with Crippen molar-refractivity contribution in [1.29, 1.82) is 5.26 Å². The minimum absolute atomic E-state index is 0.0777. The average Bonchev–Trinajstić information content (AvgIpc) is 2.25. The third kappa shape index (κ3) is 4.67. The number of sulfonamides is 1. The summed E-state index contributed by atoms with van der Waals surface area (Å²) in [5.41, 5.74) is 0.0777. The van der Waals surface area contributed by atoms with Crippen LogP contribution in [0.1, 0.15) is 18.9 Å². The Bertz CT molecular complexity index is 638. The highest BCUT2D eigenvalue weighted by Gasteiger charge is 2.32. The van der Waals surface area contributed by atoms with Crippen molar-refractivity contribution in [3.8, 4) is 6.07 Å². The van der Waals surface area contributed by atoms with Gasteiger partial charge in [0.25, 0.3) is 0 Å². The monoisotopic (exact) mass is 326 g/mol. The van der Waals surface area contributed by atoms with E-state index < -0.39 is 28.7 Å². The SMILES string of the molecule is CC(CC(F)(F)F)NS(=O)(=O)c1ccc(C#N)c(Cl)c1. The summed E-state index contributed by atoms with van der Waals surface area (Å²) in [6.07, 6.45) is -5.75. The van der Waals surface area contributed by atoms with Crippen molar-refractivity contribution >= 4 is 21.6 Å². The summed E-state index contributed by atoms with van der Waals surface area (Å²) in [4.78, 5) is -0.296. The Morgan fingerprint density at radius 2 is 2.05 bits per heavy atom. The van der Waals surface area contributed by atoms with Gasteiger partial charge >= 0.3 is 6.18 Å². The minimum Gasteiger partial charge on any atom is -0.208 e. The number of benzene rings is 1. The van der Waals surface area contributed by atoms with Crippen molar-refractivity contribution in [2.75, 3.05) is 0 Å². The van der Waals surface area contributed by atoms with Gasteiger partial charge in [-0.1, -0.05) is 11.6 Å². The van der Waals surface area contributed by atoms with Gasteiger partial charge in [-0.3, -0.25) is 0 Å². The number of hydrogen-bond acceptors (Lipinski definition) is 3. The molecule has 0 amide bonds. The number of hydrogen-bond donors (Lipinski definition) is 1. The molecule has 0 heterocycles. The summed E-state index contributed by atoms with van der Waals surface area (Å²) in [5, 5.41) is 8.58. The molecule has 0 saturated carbocycles. The molecule has 0 aliphatic rings. The van der Waals surface area contributed by atoms with Crippen LogP contribution in [0.15, 0.2) is 23.1 Å². The van der Waals surface area contributed by atoms with Crippen LogP contribution >= 0.6 is 11.6 Å². The Labute approximate surface area is 119 Å². The summed E-state index contributed by atoms with van der Waals surface area (Å²) >= 11 is 5.68. The number of halogens is 4. The summed E-state index contributed by atoms with van der Waals surface area (Å²) in [5.74, 6) is 0. The van der Waals surface area contributed by atoms with E-state index in [1.807, 2.05) is 4.72 Å². The van der Waals surface area contributed by atoms with E-state index in [1.165, 1.54) is 6.07 Å². The second-order valence-electron chi connectivity index (χ2n) is 4.10. The third-order valence-corrected chi connectivity index (χ3v) is 4.17. The van der Waals surface area contributed by atoms with Gasteiger partial charge in [0.2, 0.25) is 10.0 Å². The molecule has 1 atom stereocenters. The summed E-state index contributed by atoms with van der Waals surface area (Å²) < 4.78 is 62.1. The van der Waals surface area contributed by atoms with Crippen molar-refractivity contribution in [1.82, 2.24) is 4.72 Å². The van der Waals surface area contributed by atoms with Gasteiger partial charge in [-0.2, -0.15) is 18.4 Å². The zero-order chi connectivity index (χ0) is 15.6. The molecule has 0 aromatic heterocycles. The van der Waals surface area contributed by atoms with E-state index >= 15 is 0 Å². The molecule has 4 nitrogen and oxygen atoms in total. The van der Waals surface area contributed by atoms with Gasteiger partial charge in [-0.15, -0.1) is 0 Å². The lowest BCUT2D eigenvalue weighted by molar-refractivity contribution is -0.137. The number of alkyl halides is 3. The lowest BCUT2D eigenvalue weighted by Crippen LogP contribution is -2.35. The van der Waals surface area contributed by atoms with Gasteiger partial charge in [-0.25, -0.2) is 13.1 Å². The van der Waals surface area contributed by atoms with Crippen LogP contribution in [-0.2, 0) is 10.0 Å². The zero-order valence-corrected chi connectivity index (χ0v) is 11.8. The summed E-state index contributed by atoms with van der Waals surface area (Å²) in [6.45, 7) is 1.11. The van der Waals surface area contributed by atoms with Gasteiger partial charge in [0, 0.05) is 6.04 Å². The lowest BCUT2D eigenvalue weighted by atomic mass is 10.2. The highest BCUT2D eigenvalue weighted by Crippen LogP contribution is 2.23. The smallest absolute Gasteiger partial charge is 0.208 e. The maximum Gasteiger partial charge on any atom is 0.390 e. The van der Waals surface area contributed by atoms with Crippen LogP contribution in [0.5, 0.6) is 0 Å². The second kappa shape index (κ2) is 5.99. The molecule has 110 valence electrons. The molecule has 1 aromatic carbocycles. The molecule has 1 N–H and O–H groups in total. The second-order valence-corrected chi connectivity index (χ2v) is 6.22. The molecule has 0 fully saturated rings. The molecule has 0 spiro atoms. The van der Waals surface area contributed by atoms with Gasteiger partial charge in [0.1, 0.15) is 6.07 Å². The first kappa shape index (κ1) is 16.8. The normalized spacial score (nSPS) is 13.8. The highest BCUT2D eigenvalue weighted by atomic mass is 35.5. The summed E-state index contributed by atoms with van der Waals surface area (Å²) in [6, 6.07) is 3.75. The molecule has 0 bridgehead atoms. The fraction of sp³-hybridized carbons (Fsp3) is 0.364. The Morgan fingerprint density at radius 1 is 1.45 bits per heavy atom. The zero-order valence-electron chi connectivity index (χ0n) is 10.2. The van der Waals surface area contributed by atoms with Crippen LogP contribution in [0.2, 0.25) is 5.02 Å². The van der Waals surface area contributed by atoms with E-state index in [2.05, 4.69) is 0 Å². The van der Waals surface area contributed by atoms with Crippen LogP contribution in [-0.4, -0.2) is 20.6 Å². The van der Waals surface area contributed by atoms with E-state index in [-0.39, 0.29) is 15.5 Å². The van der Waals surface area contributed by atoms with Crippen molar-refractivity contribution in [2.24, 2.45) is 0 Å². The standard InChI is InChI=1S/C11H10ClF3N2O2S/c1-7(5-11(13,14)15)17-20(18,19)9-3-2-8(6-16)10(12)4-9/h2-4,7,17H,5H2,1H3. The number of nitrogens with one attached hydrogen (secondary N) is 1. The highest BCUT2D eigenvalue weighted by molar-refractivity contribution is 7.89. The van der Waals surface area contributed by atoms with Gasteiger partial charge < -0.3 is 0 Å². The molecule has 20 heavy (non-hydrogen) atoms. The van der Waals surface area contributed by atoms with Gasteiger partial charge in [-0.05, 0) is 25.1 Å². The fourth-order valence-corrected chi connectivity index (χ4v) is 3.03. The molecule has 0 aliphatic carbocycles. The molecule has 0 aliphatic heterocycles. The molecule has 0 radical (unpaired) electrons. The third-order valence-electron chi connectivity index (χ3n) is 2.27.